The topological polar surface area (TPSA) is 102 Å². The highest BCUT2D eigenvalue weighted by Crippen LogP contribution is 2.30. The maximum absolute atomic E-state index is 12.7. The van der Waals surface area contributed by atoms with E-state index in [4.69, 9.17) is 16.3 Å². The number of amides is 2. The van der Waals surface area contributed by atoms with Gasteiger partial charge in [0.25, 0.3) is 11.8 Å². The van der Waals surface area contributed by atoms with Gasteiger partial charge in [0, 0.05) is 10.6 Å². The molecule has 2 N–H and O–H groups in total. The molecular weight excluding hydrogens is 440 g/mol. The molecule has 0 aliphatic heterocycles. The van der Waals surface area contributed by atoms with E-state index in [1.807, 2.05) is 4.72 Å². The second-order valence-electron chi connectivity index (χ2n) is 6.62. The van der Waals surface area contributed by atoms with Gasteiger partial charge in [0.2, 0.25) is 10.0 Å². The molecule has 7 nitrogen and oxygen atoms in total. The molecule has 0 aromatic heterocycles. The highest BCUT2D eigenvalue weighted by atomic mass is 35.5. The average Bonchev–Trinajstić information content (AvgIpc) is 2.73. The van der Waals surface area contributed by atoms with E-state index in [-0.39, 0.29) is 23.6 Å². The lowest BCUT2D eigenvalue weighted by atomic mass is 10.1. The smallest absolute Gasteiger partial charge is 0.266 e. The van der Waals surface area contributed by atoms with Crippen LogP contribution in [0.5, 0.6) is 5.75 Å². The van der Waals surface area contributed by atoms with Crippen LogP contribution in [0, 0.1) is 0 Å². The molecule has 3 rings (SSSR count). The molecule has 0 atom stereocenters. The predicted molar refractivity (Wildman–Crippen MR) is 119 cm³/mol. The summed E-state index contributed by atoms with van der Waals surface area (Å²) in [4.78, 5) is 25.3. The molecular formula is C22H19ClN2O5S. The van der Waals surface area contributed by atoms with Crippen LogP contribution in [0.3, 0.4) is 0 Å². The summed E-state index contributed by atoms with van der Waals surface area (Å²) in [5.74, 6) is -1.15. The fraction of sp³-hybridized carbons (Fsp3) is 0.0909. The number of rotatable bonds is 7. The van der Waals surface area contributed by atoms with E-state index in [1.165, 1.54) is 12.1 Å². The maximum Gasteiger partial charge on any atom is 0.266 e. The van der Waals surface area contributed by atoms with Crippen LogP contribution in [0.1, 0.15) is 26.3 Å². The largest absolute Gasteiger partial charge is 0.487 e. The molecule has 0 aliphatic rings. The van der Waals surface area contributed by atoms with Gasteiger partial charge in [0.1, 0.15) is 12.4 Å². The zero-order valence-corrected chi connectivity index (χ0v) is 18.0. The van der Waals surface area contributed by atoms with Crippen LogP contribution in [-0.4, -0.2) is 26.5 Å². The molecule has 0 radical (unpaired) electrons. The van der Waals surface area contributed by atoms with Crippen LogP contribution < -0.4 is 14.8 Å². The Morgan fingerprint density at radius 2 is 1.58 bits per heavy atom. The summed E-state index contributed by atoms with van der Waals surface area (Å²) in [5.41, 5.74) is 1.19. The third-order valence-corrected chi connectivity index (χ3v) is 4.94. The number of anilines is 1. The second kappa shape index (κ2) is 9.63. The highest BCUT2D eigenvalue weighted by molar-refractivity contribution is 7.89. The average molecular weight is 459 g/mol. The lowest BCUT2D eigenvalue weighted by molar-refractivity contribution is 0.0982. The van der Waals surface area contributed by atoms with Gasteiger partial charge in [-0.05, 0) is 42.0 Å². The van der Waals surface area contributed by atoms with Crippen molar-refractivity contribution in [1.82, 2.24) is 4.72 Å². The molecule has 0 aliphatic carbocycles. The Hall–Kier alpha value is -3.36. The molecule has 0 heterocycles. The third-order valence-electron chi connectivity index (χ3n) is 4.13. The molecule has 0 unspecified atom stereocenters. The molecule has 0 fully saturated rings. The Kier molecular flexibility index (Phi) is 6.94. The van der Waals surface area contributed by atoms with E-state index in [0.717, 1.165) is 11.8 Å². The zero-order chi connectivity index (χ0) is 22.4. The highest BCUT2D eigenvalue weighted by Gasteiger charge is 2.21. The number of hydrogen-bond acceptors (Lipinski definition) is 5. The number of carbonyl (C=O) groups is 2. The first-order valence-corrected chi connectivity index (χ1v) is 11.4. The number of ether oxygens (including phenoxy) is 1. The van der Waals surface area contributed by atoms with Gasteiger partial charge >= 0.3 is 0 Å². The Balaban J connectivity index is 1.94. The molecule has 0 spiro atoms. The predicted octanol–water partition coefficient (Wildman–Crippen LogP) is 3.86. The van der Waals surface area contributed by atoms with Crippen molar-refractivity contribution >= 4 is 39.1 Å². The SMILES string of the molecule is CS(=O)(=O)NC(=O)c1cccc(OCc2ccc(Cl)cc2)c1NC(=O)c1ccccc1. The van der Waals surface area contributed by atoms with Crippen LogP contribution in [0.4, 0.5) is 5.69 Å². The molecule has 3 aromatic carbocycles. The van der Waals surface area contributed by atoms with Gasteiger partial charge in [-0.25, -0.2) is 13.1 Å². The summed E-state index contributed by atoms with van der Waals surface area (Å²) in [6.45, 7) is 0.141. The summed E-state index contributed by atoms with van der Waals surface area (Å²) >= 11 is 5.90. The van der Waals surface area contributed by atoms with E-state index in [9.17, 15) is 18.0 Å². The Morgan fingerprint density at radius 3 is 2.23 bits per heavy atom. The van der Waals surface area contributed by atoms with Gasteiger partial charge in [-0.15, -0.1) is 0 Å². The summed E-state index contributed by atoms with van der Waals surface area (Å²) in [6.07, 6.45) is 0.869. The van der Waals surface area contributed by atoms with Crippen LogP contribution >= 0.6 is 11.6 Å². The van der Waals surface area contributed by atoms with Crippen LogP contribution in [-0.2, 0) is 16.6 Å². The minimum atomic E-state index is -3.81. The molecule has 3 aromatic rings. The molecule has 0 bridgehead atoms. The van der Waals surface area contributed by atoms with Crippen molar-refractivity contribution < 1.29 is 22.7 Å². The van der Waals surface area contributed by atoms with E-state index in [1.54, 1.807) is 60.7 Å². The zero-order valence-electron chi connectivity index (χ0n) is 16.5. The standard InChI is InChI=1S/C22H19ClN2O5S/c1-31(28,29)25-22(27)18-8-5-9-19(30-14-15-10-12-17(23)13-11-15)20(18)24-21(26)16-6-3-2-4-7-16/h2-13H,14H2,1H3,(H,24,26)(H,25,27). The fourth-order valence-corrected chi connectivity index (χ4v) is 3.28. The van der Waals surface area contributed by atoms with Crippen molar-refractivity contribution in [2.75, 3.05) is 11.6 Å². The van der Waals surface area contributed by atoms with Crippen LogP contribution in [0.25, 0.3) is 0 Å². The van der Waals surface area contributed by atoms with Crippen molar-refractivity contribution in [3.8, 4) is 5.75 Å². The minimum Gasteiger partial charge on any atom is -0.487 e. The number of halogens is 1. The van der Waals surface area contributed by atoms with Crippen molar-refractivity contribution in [3.63, 3.8) is 0 Å². The normalized spacial score (nSPS) is 10.9. The number of para-hydroxylation sites is 1. The van der Waals surface area contributed by atoms with E-state index in [0.29, 0.717) is 10.6 Å². The first-order chi connectivity index (χ1) is 14.7. The molecule has 9 heteroatoms. The van der Waals surface area contributed by atoms with Crippen molar-refractivity contribution in [2.24, 2.45) is 0 Å². The number of carbonyl (C=O) groups excluding carboxylic acids is 2. The molecule has 0 saturated heterocycles. The Labute approximate surface area is 185 Å². The fourth-order valence-electron chi connectivity index (χ4n) is 2.71. The molecule has 160 valence electrons. The summed E-state index contributed by atoms with van der Waals surface area (Å²) in [5, 5.41) is 3.25. The van der Waals surface area contributed by atoms with Gasteiger partial charge in [-0.3, -0.25) is 9.59 Å². The van der Waals surface area contributed by atoms with Crippen molar-refractivity contribution in [3.05, 3.63) is 94.5 Å². The van der Waals surface area contributed by atoms with E-state index >= 15 is 0 Å². The first-order valence-electron chi connectivity index (χ1n) is 9.12. The monoisotopic (exact) mass is 458 g/mol. The van der Waals surface area contributed by atoms with Gasteiger partial charge in [0.15, 0.2) is 0 Å². The second-order valence-corrected chi connectivity index (χ2v) is 8.80. The number of nitrogens with one attached hydrogen (secondary N) is 2. The van der Waals surface area contributed by atoms with Crippen molar-refractivity contribution in [2.45, 2.75) is 6.61 Å². The Morgan fingerprint density at radius 1 is 0.903 bits per heavy atom. The summed E-state index contributed by atoms with van der Waals surface area (Å²) < 4.78 is 30.8. The number of benzene rings is 3. The lowest BCUT2D eigenvalue weighted by Gasteiger charge is -2.16. The minimum absolute atomic E-state index is 0.0525. The number of hydrogen-bond donors (Lipinski definition) is 2. The van der Waals surface area contributed by atoms with E-state index < -0.39 is 21.8 Å². The quantitative estimate of drug-likeness (QED) is 0.559. The number of sulfonamides is 1. The summed E-state index contributed by atoms with van der Waals surface area (Å²) in [7, 11) is -3.81. The van der Waals surface area contributed by atoms with Gasteiger partial charge in [-0.2, -0.15) is 0 Å². The van der Waals surface area contributed by atoms with E-state index in [2.05, 4.69) is 5.32 Å². The lowest BCUT2D eigenvalue weighted by Crippen LogP contribution is -2.30. The third kappa shape index (κ3) is 6.31. The Bertz CT molecular complexity index is 1200. The van der Waals surface area contributed by atoms with Gasteiger partial charge in [0.05, 0.1) is 17.5 Å². The molecule has 0 saturated carbocycles. The first kappa shape index (κ1) is 22.3. The van der Waals surface area contributed by atoms with Crippen LogP contribution in [0.2, 0.25) is 5.02 Å². The molecule has 31 heavy (non-hydrogen) atoms. The van der Waals surface area contributed by atoms with Crippen LogP contribution in [0.15, 0.2) is 72.8 Å². The maximum atomic E-state index is 12.7. The van der Waals surface area contributed by atoms with Gasteiger partial charge in [-0.1, -0.05) is 48.0 Å². The summed E-state index contributed by atoms with van der Waals surface area (Å²) in [6, 6.07) is 19.9. The molecule has 2 amide bonds. The van der Waals surface area contributed by atoms with Gasteiger partial charge < -0.3 is 10.1 Å². The van der Waals surface area contributed by atoms with Crippen molar-refractivity contribution in [1.29, 1.82) is 0 Å².